The summed E-state index contributed by atoms with van der Waals surface area (Å²) in [5.41, 5.74) is 0. The van der Waals surface area contributed by atoms with Gasteiger partial charge in [0.25, 0.3) is 10.1 Å². The van der Waals surface area contributed by atoms with Crippen LogP contribution in [0, 0.1) is 17.8 Å². The smallest absolute Gasteiger partial charge is 0.328 e. The fourth-order valence-corrected chi connectivity index (χ4v) is 6.27. The van der Waals surface area contributed by atoms with Crippen LogP contribution in [0.15, 0.2) is 0 Å². The molecule has 8 heteroatoms. The Bertz CT molecular complexity index is 573. The van der Waals surface area contributed by atoms with Gasteiger partial charge in [0.15, 0.2) is 0 Å². The molecule has 0 radical (unpaired) electrons. The number of rotatable bonds is 6. The summed E-state index contributed by atoms with van der Waals surface area (Å²) in [5, 5.41) is 19.6. The number of carbonyl (C=O) groups is 2. The van der Waals surface area contributed by atoms with Gasteiger partial charge in [0.2, 0.25) is 4.75 Å². The predicted molar refractivity (Wildman–Crippen MR) is 86.2 cm³/mol. The first-order valence-electron chi connectivity index (χ1n) is 8.66. The van der Waals surface area contributed by atoms with E-state index in [1.165, 1.54) is 0 Å². The average molecular weight is 362 g/mol. The van der Waals surface area contributed by atoms with E-state index in [-0.39, 0.29) is 0 Å². The minimum atomic E-state index is -5.10. The van der Waals surface area contributed by atoms with Crippen molar-refractivity contribution in [1.82, 2.24) is 0 Å². The highest BCUT2D eigenvalue weighted by molar-refractivity contribution is 7.88. The van der Waals surface area contributed by atoms with Crippen molar-refractivity contribution >= 4 is 22.1 Å². The normalized spacial score (nSPS) is 24.9. The van der Waals surface area contributed by atoms with Gasteiger partial charge in [-0.25, -0.2) is 0 Å². The van der Waals surface area contributed by atoms with Crippen LogP contribution in [0.3, 0.4) is 0 Å². The fourth-order valence-electron chi connectivity index (χ4n) is 4.78. The fraction of sp³-hybridized carbons (Fsp3) is 0.875. The van der Waals surface area contributed by atoms with E-state index in [1.807, 2.05) is 0 Å². The van der Waals surface area contributed by atoms with Crippen LogP contribution >= 0.6 is 0 Å². The molecule has 2 unspecified atom stereocenters. The highest BCUT2D eigenvalue weighted by Gasteiger charge is 2.65. The molecule has 0 aliphatic heterocycles. The summed E-state index contributed by atoms with van der Waals surface area (Å²) in [5.74, 6) is -6.20. The Kier molecular flexibility index (Phi) is 5.91. The second-order valence-electron chi connectivity index (χ2n) is 7.12. The van der Waals surface area contributed by atoms with E-state index in [1.54, 1.807) is 0 Å². The molecule has 0 aromatic carbocycles. The number of carboxylic acids is 2. The zero-order valence-corrected chi connectivity index (χ0v) is 14.5. The second-order valence-corrected chi connectivity index (χ2v) is 8.75. The Labute approximate surface area is 142 Å². The number of hydrogen-bond donors (Lipinski definition) is 3. The molecule has 0 spiro atoms. The summed E-state index contributed by atoms with van der Waals surface area (Å²) in [4.78, 5) is 24.2. The topological polar surface area (TPSA) is 129 Å². The van der Waals surface area contributed by atoms with Crippen LogP contribution in [0.1, 0.15) is 64.2 Å². The standard InChI is InChI=1S/C16H26O7S/c17-14(18)13(11-7-3-1-4-8-11)16(15(19)20,24(21,22)23)12-9-5-2-6-10-12/h11-13H,1-10H2,(H,17,18)(H,19,20)(H,21,22,23). The van der Waals surface area contributed by atoms with Crippen LogP contribution in [0.4, 0.5) is 0 Å². The summed E-state index contributed by atoms with van der Waals surface area (Å²) in [6.07, 6.45) is 6.16. The van der Waals surface area contributed by atoms with Crippen LogP contribution in [0.25, 0.3) is 0 Å². The first-order chi connectivity index (χ1) is 11.2. The molecule has 2 aliphatic carbocycles. The highest BCUT2D eigenvalue weighted by Crippen LogP contribution is 2.48. The maximum atomic E-state index is 12.3. The molecule has 3 N–H and O–H groups in total. The number of aliphatic carboxylic acids is 2. The maximum absolute atomic E-state index is 12.3. The minimum absolute atomic E-state index is 0.308. The lowest BCUT2D eigenvalue weighted by molar-refractivity contribution is -0.157. The molecule has 0 aromatic rings. The van der Waals surface area contributed by atoms with Crippen LogP contribution < -0.4 is 0 Å². The molecule has 0 heterocycles. The van der Waals surface area contributed by atoms with Crippen molar-refractivity contribution in [2.24, 2.45) is 17.8 Å². The molecule has 0 bridgehead atoms. The van der Waals surface area contributed by atoms with Gasteiger partial charge in [-0.05, 0) is 37.5 Å². The quantitative estimate of drug-likeness (QED) is 0.619. The van der Waals surface area contributed by atoms with Gasteiger partial charge in [0.05, 0.1) is 5.92 Å². The Balaban J connectivity index is 2.60. The molecule has 2 atom stereocenters. The molecule has 7 nitrogen and oxygen atoms in total. The van der Waals surface area contributed by atoms with Crippen molar-refractivity contribution in [3.05, 3.63) is 0 Å². The molecule has 24 heavy (non-hydrogen) atoms. The lowest BCUT2D eigenvalue weighted by atomic mass is 9.66. The largest absolute Gasteiger partial charge is 0.481 e. The van der Waals surface area contributed by atoms with Crippen LogP contribution in [0.5, 0.6) is 0 Å². The summed E-state index contributed by atoms with van der Waals surface area (Å²) in [6.45, 7) is 0. The highest BCUT2D eigenvalue weighted by atomic mass is 32.2. The Morgan fingerprint density at radius 1 is 0.875 bits per heavy atom. The van der Waals surface area contributed by atoms with Crippen molar-refractivity contribution in [2.45, 2.75) is 69.0 Å². The van der Waals surface area contributed by atoms with Gasteiger partial charge in [-0.15, -0.1) is 0 Å². The van der Waals surface area contributed by atoms with Gasteiger partial charge in [0, 0.05) is 0 Å². The Hall–Kier alpha value is -1.15. The van der Waals surface area contributed by atoms with Crippen molar-refractivity contribution < 1.29 is 32.8 Å². The number of carboxylic acid groups (broad SMARTS) is 2. The third-order valence-electron chi connectivity index (χ3n) is 5.82. The lowest BCUT2D eigenvalue weighted by Crippen LogP contribution is -2.62. The molecule has 2 aliphatic rings. The van der Waals surface area contributed by atoms with Crippen molar-refractivity contribution in [2.75, 3.05) is 0 Å². The van der Waals surface area contributed by atoms with E-state index in [4.69, 9.17) is 0 Å². The van der Waals surface area contributed by atoms with E-state index in [0.29, 0.717) is 38.5 Å². The SMILES string of the molecule is O=C(O)C(C1CCCCC1)C(C(=O)O)(C1CCCCC1)S(=O)(=O)O. The maximum Gasteiger partial charge on any atom is 0.328 e. The average Bonchev–Trinajstić information content (AvgIpc) is 2.52. The number of hydrogen-bond acceptors (Lipinski definition) is 4. The first kappa shape index (κ1) is 19.2. The molecule has 0 amide bonds. The van der Waals surface area contributed by atoms with Crippen molar-refractivity contribution in [3.63, 3.8) is 0 Å². The first-order valence-corrected chi connectivity index (χ1v) is 10.1. The monoisotopic (exact) mass is 362 g/mol. The van der Waals surface area contributed by atoms with E-state index < -0.39 is 44.6 Å². The molecule has 138 valence electrons. The van der Waals surface area contributed by atoms with Crippen LogP contribution in [-0.4, -0.2) is 39.9 Å². The van der Waals surface area contributed by atoms with Gasteiger partial charge >= 0.3 is 11.9 Å². The molecule has 2 fully saturated rings. The summed E-state index contributed by atoms with van der Waals surface area (Å²) in [6, 6.07) is 0. The van der Waals surface area contributed by atoms with E-state index in [2.05, 4.69) is 0 Å². The lowest BCUT2D eigenvalue weighted by Gasteiger charge is -2.43. The molecule has 0 saturated heterocycles. The molecular weight excluding hydrogens is 336 g/mol. The van der Waals surface area contributed by atoms with E-state index in [9.17, 15) is 32.8 Å². The second kappa shape index (κ2) is 7.39. The van der Waals surface area contributed by atoms with E-state index >= 15 is 0 Å². The molecule has 0 aromatic heterocycles. The zero-order valence-electron chi connectivity index (χ0n) is 13.7. The van der Waals surface area contributed by atoms with Gasteiger partial charge in [-0.1, -0.05) is 38.5 Å². The summed E-state index contributed by atoms with van der Waals surface area (Å²) in [7, 11) is -5.10. The van der Waals surface area contributed by atoms with Gasteiger partial charge in [-0.2, -0.15) is 8.42 Å². The van der Waals surface area contributed by atoms with Crippen molar-refractivity contribution in [3.8, 4) is 0 Å². The van der Waals surface area contributed by atoms with Gasteiger partial charge < -0.3 is 10.2 Å². The summed E-state index contributed by atoms with van der Waals surface area (Å²) >= 11 is 0. The molecule has 2 rings (SSSR count). The minimum Gasteiger partial charge on any atom is -0.481 e. The Morgan fingerprint density at radius 3 is 1.71 bits per heavy atom. The molecule has 2 saturated carbocycles. The van der Waals surface area contributed by atoms with Gasteiger partial charge in [0.1, 0.15) is 0 Å². The summed E-state index contributed by atoms with van der Waals surface area (Å²) < 4.78 is 31.9. The Morgan fingerprint density at radius 2 is 1.33 bits per heavy atom. The van der Waals surface area contributed by atoms with Gasteiger partial charge in [-0.3, -0.25) is 14.1 Å². The van der Waals surface area contributed by atoms with Crippen LogP contribution in [0.2, 0.25) is 0 Å². The van der Waals surface area contributed by atoms with E-state index in [0.717, 1.165) is 25.7 Å². The third kappa shape index (κ3) is 3.31. The predicted octanol–water partition coefficient (Wildman–Crippen LogP) is 2.56. The zero-order chi connectivity index (χ0) is 18.0. The van der Waals surface area contributed by atoms with Crippen LogP contribution in [-0.2, 0) is 19.7 Å². The van der Waals surface area contributed by atoms with Crippen molar-refractivity contribution in [1.29, 1.82) is 0 Å². The molecular formula is C16H26O7S. The third-order valence-corrected chi connectivity index (χ3v) is 7.44.